The molecule has 0 saturated carbocycles. The van der Waals surface area contributed by atoms with Crippen molar-refractivity contribution in [2.45, 2.75) is 25.5 Å². The number of ether oxygens (including phenoxy) is 1. The molecule has 0 aromatic heterocycles. The zero-order chi connectivity index (χ0) is 15.0. The first-order valence-corrected chi connectivity index (χ1v) is 7.30. The lowest BCUT2D eigenvalue weighted by atomic mass is 9.94. The van der Waals surface area contributed by atoms with Crippen LogP contribution in [-0.2, 0) is 0 Å². The summed E-state index contributed by atoms with van der Waals surface area (Å²) in [7, 11) is 4.12. The number of nitrogens with zero attached hydrogens (tertiary/aromatic N) is 1. The van der Waals surface area contributed by atoms with Crippen molar-refractivity contribution in [2.24, 2.45) is 0 Å². The van der Waals surface area contributed by atoms with Gasteiger partial charge in [-0.25, -0.2) is 0 Å². The van der Waals surface area contributed by atoms with Crippen LogP contribution in [0.15, 0.2) is 48.5 Å². The largest absolute Gasteiger partial charge is 0.485 e. The summed E-state index contributed by atoms with van der Waals surface area (Å²) < 4.78 is 6.10. The van der Waals surface area contributed by atoms with Crippen LogP contribution in [0.4, 0.5) is 11.4 Å². The second-order valence-corrected chi connectivity index (χ2v) is 6.23. The Labute approximate surface area is 126 Å². The van der Waals surface area contributed by atoms with Crippen LogP contribution in [0.5, 0.6) is 5.75 Å². The molecule has 0 fully saturated rings. The van der Waals surface area contributed by atoms with Gasteiger partial charge in [0.25, 0.3) is 0 Å². The monoisotopic (exact) mass is 282 g/mol. The first kappa shape index (κ1) is 13.8. The molecule has 110 valence electrons. The predicted octanol–water partition coefficient (Wildman–Crippen LogP) is 4.08. The van der Waals surface area contributed by atoms with Crippen LogP contribution < -0.4 is 15.0 Å². The van der Waals surface area contributed by atoms with Crippen molar-refractivity contribution in [2.75, 3.05) is 24.3 Å². The fraction of sp³-hybridized carbons (Fsp3) is 0.333. The number of anilines is 2. The summed E-state index contributed by atoms with van der Waals surface area (Å²) in [6.45, 7) is 4.26. The molecular formula is C18H22N2O. The van der Waals surface area contributed by atoms with E-state index in [0.717, 1.165) is 11.4 Å². The number of fused-ring (bicyclic) bond motifs is 1. The normalized spacial score (nSPS) is 18.8. The fourth-order valence-electron chi connectivity index (χ4n) is 2.92. The zero-order valence-electron chi connectivity index (χ0n) is 13.1. The molecule has 0 spiro atoms. The summed E-state index contributed by atoms with van der Waals surface area (Å²) in [4.78, 5) is 2.12. The molecule has 0 saturated heterocycles. The number of hydrogen-bond donors (Lipinski definition) is 1. The van der Waals surface area contributed by atoms with Crippen molar-refractivity contribution < 1.29 is 4.74 Å². The molecule has 1 aliphatic heterocycles. The van der Waals surface area contributed by atoms with Gasteiger partial charge in [-0.1, -0.05) is 30.3 Å². The second kappa shape index (κ2) is 4.99. The van der Waals surface area contributed by atoms with Crippen LogP contribution in [0.2, 0.25) is 0 Å². The SMILES string of the molecule is CN(C)c1ccccc1NC1c2ccccc2OC1(C)C. The summed E-state index contributed by atoms with van der Waals surface area (Å²) in [5.74, 6) is 0.974. The Bertz CT molecular complexity index is 649. The highest BCUT2D eigenvalue weighted by Crippen LogP contribution is 2.45. The topological polar surface area (TPSA) is 24.5 Å². The highest BCUT2D eigenvalue weighted by molar-refractivity contribution is 5.70. The summed E-state index contributed by atoms with van der Waals surface area (Å²) in [6.07, 6.45) is 0. The molecule has 0 bridgehead atoms. The molecule has 0 aliphatic carbocycles. The standard InChI is InChI=1S/C18H22N2O/c1-18(2)17(13-9-5-8-12-16(13)21-18)19-14-10-6-7-11-15(14)20(3)4/h5-12,17,19H,1-4H3. The molecule has 1 unspecified atom stereocenters. The van der Waals surface area contributed by atoms with Crippen molar-refractivity contribution in [3.8, 4) is 5.75 Å². The lowest BCUT2D eigenvalue weighted by molar-refractivity contribution is 0.118. The minimum absolute atomic E-state index is 0.134. The molecule has 2 aromatic rings. The maximum absolute atomic E-state index is 6.10. The van der Waals surface area contributed by atoms with Crippen LogP contribution >= 0.6 is 0 Å². The van der Waals surface area contributed by atoms with Gasteiger partial charge in [0.2, 0.25) is 0 Å². The Morgan fingerprint density at radius 3 is 2.43 bits per heavy atom. The van der Waals surface area contributed by atoms with Gasteiger partial charge in [0.1, 0.15) is 11.4 Å². The highest BCUT2D eigenvalue weighted by atomic mass is 16.5. The maximum atomic E-state index is 6.10. The van der Waals surface area contributed by atoms with Gasteiger partial charge in [-0.2, -0.15) is 0 Å². The van der Waals surface area contributed by atoms with E-state index in [0.29, 0.717) is 0 Å². The molecule has 3 rings (SSSR count). The molecule has 2 aromatic carbocycles. The number of nitrogens with one attached hydrogen (secondary N) is 1. The molecule has 0 radical (unpaired) electrons. The van der Waals surface area contributed by atoms with Crippen molar-refractivity contribution >= 4 is 11.4 Å². The minimum Gasteiger partial charge on any atom is -0.485 e. The van der Waals surface area contributed by atoms with Crippen molar-refractivity contribution in [1.29, 1.82) is 0 Å². The van der Waals surface area contributed by atoms with Crippen molar-refractivity contribution in [3.63, 3.8) is 0 Å². The molecule has 0 amide bonds. The van der Waals surface area contributed by atoms with E-state index in [1.807, 2.05) is 12.1 Å². The van der Waals surface area contributed by atoms with E-state index < -0.39 is 0 Å². The summed E-state index contributed by atoms with van der Waals surface area (Å²) in [6, 6.07) is 16.8. The number of hydrogen-bond acceptors (Lipinski definition) is 3. The Kier molecular flexibility index (Phi) is 3.28. The molecule has 21 heavy (non-hydrogen) atoms. The lowest BCUT2D eigenvalue weighted by Crippen LogP contribution is -2.35. The van der Waals surface area contributed by atoms with Crippen LogP contribution in [0.25, 0.3) is 0 Å². The molecule has 3 heteroatoms. The molecule has 1 aliphatic rings. The summed E-state index contributed by atoms with van der Waals surface area (Å²) in [5.41, 5.74) is 3.25. The highest BCUT2D eigenvalue weighted by Gasteiger charge is 2.41. The second-order valence-electron chi connectivity index (χ2n) is 6.23. The average molecular weight is 282 g/mol. The third kappa shape index (κ3) is 2.44. The van der Waals surface area contributed by atoms with Gasteiger partial charge in [0.05, 0.1) is 17.4 Å². The number of benzene rings is 2. The quantitative estimate of drug-likeness (QED) is 0.918. The van der Waals surface area contributed by atoms with E-state index in [4.69, 9.17) is 4.74 Å². The minimum atomic E-state index is -0.275. The summed E-state index contributed by atoms with van der Waals surface area (Å²) >= 11 is 0. The van der Waals surface area contributed by atoms with Crippen LogP contribution in [-0.4, -0.2) is 19.7 Å². The fourth-order valence-corrected chi connectivity index (χ4v) is 2.92. The van der Waals surface area contributed by atoms with Gasteiger partial charge < -0.3 is 15.0 Å². The Hall–Kier alpha value is -2.16. The first-order valence-electron chi connectivity index (χ1n) is 7.30. The Balaban J connectivity index is 1.98. The molecule has 1 atom stereocenters. The van der Waals surface area contributed by atoms with Crippen LogP contribution in [0.3, 0.4) is 0 Å². The van der Waals surface area contributed by atoms with Gasteiger partial charge >= 0.3 is 0 Å². The average Bonchev–Trinajstić information content (AvgIpc) is 2.70. The first-order chi connectivity index (χ1) is 9.99. The van der Waals surface area contributed by atoms with Crippen LogP contribution in [0.1, 0.15) is 25.5 Å². The smallest absolute Gasteiger partial charge is 0.128 e. The molecular weight excluding hydrogens is 260 g/mol. The van der Waals surface area contributed by atoms with Crippen LogP contribution in [0, 0.1) is 0 Å². The Morgan fingerprint density at radius 2 is 1.67 bits per heavy atom. The summed E-state index contributed by atoms with van der Waals surface area (Å²) in [5, 5.41) is 3.67. The van der Waals surface area contributed by atoms with E-state index in [-0.39, 0.29) is 11.6 Å². The lowest BCUT2D eigenvalue weighted by Gasteiger charge is -2.29. The van der Waals surface area contributed by atoms with Gasteiger partial charge in [0.15, 0.2) is 0 Å². The molecule has 1 heterocycles. The third-order valence-corrected chi connectivity index (χ3v) is 3.98. The van der Waals surface area contributed by atoms with E-state index in [9.17, 15) is 0 Å². The van der Waals surface area contributed by atoms with Gasteiger partial charge in [-0.05, 0) is 32.0 Å². The Morgan fingerprint density at radius 1 is 1.00 bits per heavy atom. The van der Waals surface area contributed by atoms with Gasteiger partial charge in [-0.15, -0.1) is 0 Å². The van der Waals surface area contributed by atoms with E-state index >= 15 is 0 Å². The van der Waals surface area contributed by atoms with E-state index in [2.05, 4.69) is 74.6 Å². The molecule has 1 N–H and O–H groups in total. The van der Waals surface area contributed by atoms with Crippen molar-refractivity contribution in [1.82, 2.24) is 0 Å². The molecule has 3 nitrogen and oxygen atoms in total. The maximum Gasteiger partial charge on any atom is 0.128 e. The van der Waals surface area contributed by atoms with E-state index in [1.165, 1.54) is 11.3 Å². The zero-order valence-corrected chi connectivity index (χ0v) is 13.1. The van der Waals surface area contributed by atoms with Gasteiger partial charge in [-0.3, -0.25) is 0 Å². The third-order valence-electron chi connectivity index (χ3n) is 3.98. The van der Waals surface area contributed by atoms with E-state index in [1.54, 1.807) is 0 Å². The van der Waals surface area contributed by atoms with Crippen molar-refractivity contribution in [3.05, 3.63) is 54.1 Å². The number of para-hydroxylation sites is 3. The van der Waals surface area contributed by atoms with Gasteiger partial charge in [0, 0.05) is 19.7 Å². The predicted molar refractivity (Wildman–Crippen MR) is 88.3 cm³/mol. The number of rotatable bonds is 3.